The first kappa shape index (κ1) is 13.4. The van der Waals surface area contributed by atoms with Crippen LogP contribution in [0.1, 0.15) is 18.1 Å². The van der Waals surface area contributed by atoms with Crippen molar-refractivity contribution in [2.75, 3.05) is 11.5 Å². The van der Waals surface area contributed by atoms with E-state index in [1.807, 2.05) is 61.5 Å². The number of carbonyl (C=O) groups is 1. The number of hydrogen-bond donors (Lipinski definition) is 0. The van der Waals surface area contributed by atoms with E-state index in [1.54, 1.807) is 11.8 Å². The Kier molecular flexibility index (Phi) is 3.48. The minimum absolute atomic E-state index is 0.00710. The molecule has 0 saturated carbocycles. The topological polar surface area (TPSA) is 29.5 Å². The Morgan fingerprint density at radius 3 is 2.67 bits per heavy atom. The van der Waals surface area contributed by atoms with Crippen molar-refractivity contribution in [1.82, 2.24) is 0 Å². The lowest BCUT2D eigenvalue weighted by Gasteiger charge is -2.31. The van der Waals surface area contributed by atoms with Crippen LogP contribution in [-0.2, 0) is 4.79 Å². The number of benzene rings is 2. The molecule has 3 nitrogen and oxygen atoms in total. The van der Waals surface area contributed by atoms with Crippen LogP contribution in [0, 0.1) is 6.92 Å². The van der Waals surface area contributed by atoms with Crippen LogP contribution in [0.15, 0.2) is 54.2 Å². The van der Waals surface area contributed by atoms with E-state index in [1.165, 1.54) is 0 Å². The van der Waals surface area contributed by atoms with Crippen LogP contribution in [0.4, 0.5) is 5.69 Å². The monoisotopic (exact) mass is 279 g/mol. The Hall–Kier alpha value is -2.55. The van der Waals surface area contributed by atoms with Crippen LogP contribution >= 0.6 is 0 Å². The zero-order chi connectivity index (χ0) is 14.8. The number of nitrogens with zero attached hydrogens (tertiary/aromatic N) is 1. The van der Waals surface area contributed by atoms with Gasteiger partial charge in [0.15, 0.2) is 0 Å². The van der Waals surface area contributed by atoms with Gasteiger partial charge in [0.25, 0.3) is 0 Å². The molecule has 0 unspecified atom stereocenters. The predicted molar refractivity (Wildman–Crippen MR) is 84.3 cm³/mol. The van der Waals surface area contributed by atoms with Crippen LogP contribution < -0.4 is 9.64 Å². The fourth-order valence-electron chi connectivity index (χ4n) is 2.51. The van der Waals surface area contributed by atoms with Gasteiger partial charge < -0.3 is 4.74 Å². The average molecular weight is 279 g/mol. The summed E-state index contributed by atoms with van der Waals surface area (Å²) in [7, 11) is 0. The van der Waals surface area contributed by atoms with Gasteiger partial charge in [-0.05, 0) is 36.3 Å². The van der Waals surface area contributed by atoms with Crippen molar-refractivity contribution < 1.29 is 9.53 Å². The normalized spacial score (nSPS) is 15.5. The zero-order valence-electron chi connectivity index (χ0n) is 12.2. The first-order valence-corrected chi connectivity index (χ1v) is 6.95. The standard InChI is InChI=1S/C18H17NO2/c1-13-8-9-18-17(10-13)19(14(2)20)16(12-21-18)11-15-6-4-3-5-7-15/h3-11H,12H2,1-2H3/b16-11-. The van der Waals surface area contributed by atoms with Gasteiger partial charge in [0.2, 0.25) is 5.91 Å². The smallest absolute Gasteiger partial charge is 0.228 e. The fraction of sp³-hybridized carbons (Fsp3) is 0.167. The summed E-state index contributed by atoms with van der Waals surface area (Å²) in [6, 6.07) is 15.8. The minimum atomic E-state index is -0.00710. The molecule has 1 heterocycles. The lowest BCUT2D eigenvalue weighted by Crippen LogP contribution is -2.34. The third-order valence-electron chi connectivity index (χ3n) is 3.47. The highest BCUT2D eigenvalue weighted by molar-refractivity contribution is 5.98. The van der Waals surface area contributed by atoms with E-state index < -0.39 is 0 Å². The van der Waals surface area contributed by atoms with Gasteiger partial charge in [-0.15, -0.1) is 0 Å². The van der Waals surface area contributed by atoms with Crippen molar-refractivity contribution in [3.05, 3.63) is 65.4 Å². The van der Waals surface area contributed by atoms with Gasteiger partial charge in [0.05, 0.1) is 11.4 Å². The second kappa shape index (κ2) is 5.44. The predicted octanol–water partition coefficient (Wildman–Crippen LogP) is 3.78. The van der Waals surface area contributed by atoms with Crippen LogP contribution in [-0.4, -0.2) is 12.5 Å². The van der Waals surface area contributed by atoms with Gasteiger partial charge >= 0.3 is 0 Å². The van der Waals surface area contributed by atoms with Crippen molar-refractivity contribution >= 4 is 17.7 Å². The summed E-state index contributed by atoms with van der Waals surface area (Å²) >= 11 is 0. The molecule has 0 saturated heterocycles. The molecular weight excluding hydrogens is 262 g/mol. The molecule has 1 amide bonds. The van der Waals surface area contributed by atoms with E-state index in [4.69, 9.17) is 4.74 Å². The molecule has 1 aliphatic rings. The quantitative estimate of drug-likeness (QED) is 0.795. The number of amides is 1. The number of carbonyl (C=O) groups excluding carboxylic acids is 1. The van der Waals surface area contributed by atoms with E-state index in [-0.39, 0.29) is 5.91 Å². The lowest BCUT2D eigenvalue weighted by molar-refractivity contribution is -0.116. The van der Waals surface area contributed by atoms with Crippen molar-refractivity contribution in [3.8, 4) is 5.75 Å². The Labute approximate surface area is 124 Å². The second-order valence-electron chi connectivity index (χ2n) is 5.16. The Bertz CT molecular complexity index is 704. The molecule has 2 aromatic rings. The number of ether oxygens (including phenoxy) is 1. The summed E-state index contributed by atoms with van der Waals surface area (Å²) in [5.74, 6) is 0.744. The maximum atomic E-state index is 12.1. The molecule has 0 aromatic heterocycles. The number of aryl methyl sites for hydroxylation is 1. The van der Waals surface area contributed by atoms with E-state index in [0.29, 0.717) is 6.61 Å². The van der Waals surface area contributed by atoms with Gasteiger partial charge in [-0.3, -0.25) is 9.69 Å². The maximum absolute atomic E-state index is 12.1. The summed E-state index contributed by atoms with van der Waals surface area (Å²) in [6.45, 7) is 3.98. The largest absolute Gasteiger partial charge is 0.485 e. The van der Waals surface area contributed by atoms with E-state index in [2.05, 4.69) is 0 Å². The highest BCUT2D eigenvalue weighted by Gasteiger charge is 2.25. The van der Waals surface area contributed by atoms with E-state index in [9.17, 15) is 4.79 Å². The minimum Gasteiger partial charge on any atom is -0.485 e. The highest BCUT2D eigenvalue weighted by atomic mass is 16.5. The molecule has 0 N–H and O–H groups in total. The van der Waals surface area contributed by atoms with E-state index >= 15 is 0 Å². The molecule has 0 fully saturated rings. The first-order valence-electron chi connectivity index (χ1n) is 6.95. The second-order valence-corrected chi connectivity index (χ2v) is 5.16. The average Bonchev–Trinajstić information content (AvgIpc) is 2.47. The fourth-order valence-corrected chi connectivity index (χ4v) is 2.51. The third-order valence-corrected chi connectivity index (χ3v) is 3.47. The third kappa shape index (κ3) is 2.68. The summed E-state index contributed by atoms with van der Waals surface area (Å²) in [6.07, 6.45) is 1.99. The van der Waals surface area contributed by atoms with Crippen molar-refractivity contribution in [2.45, 2.75) is 13.8 Å². The summed E-state index contributed by atoms with van der Waals surface area (Å²) in [5, 5.41) is 0. The molecule has 3 heteroatoms. The molecule has 2 aromatic carbocycles. The van der Waals surface area contributed by atoms with Crippen molar-refractivity contribution in [1.29, 1.82) is 0 Å². The lowest BCUT2D eigenvalue weighted by atomic mass is 10.1. The molecule has 0 radical (unpaired) electrons. The molecule has 0 spiro atoms. The molecule has 21 heavy (non-hydrogen) atoms. The maximum Gasteiger partial charge on any atom is 0.228 e. The number of anilines is 1. The van der Waals surface area contributed by atoms with Crippen LogP contribution in [0.5, 0.6) is 5.75 Å². The summed E-state index contributed by atoms with van der Waals surface area (Å²) in [5.41, 5.74) is 3.82. The SMILES string of the molecule is CC(=O)N1/C(=C\c2ccccc2)COc2ccc(C)cc21. The molecule has 0 atom stereocenters. The summed E-state index contributed by atoms with van der Waals surface area (Å²) < 4.78 is 5.78. The van der Waals surface area contributed by atoms with Crippen LogP contribution in [0.3, 0.4) is 0 Å². The van der Waals surface area contributed by atoms with Crippen LogP contribution in [0.25, 0.3) is 6.08 Å². The van der Waals surface area contributed by atoms with Gasteiger partial charge in [0, 0.05) is 6.92 Å². The van der Waals surface area contributed by atoms with Gasteiger partial charge in [-0.1, -0.05) is 36.4 Å². The van der Waals surface area contributed by atoms with E-state index in [0.717, 1.165) is 28.3 Å². The zero-order valence-corrected chi connectivity index (χ0v) is 12.2. The number of fused-ring (bicyclic) bond motifs is 1. The number of rotatable bonds is 1. The number of hydrogen-bond acceptors (Lipinski definition) is 2. The summed E-state index contributed by atoms with van der Waals surface area (Å²) in [4.78, 5) is 13.8. The Morgan fingerprint density at radius 2 is 1.95 bits per heavy atom. The van der Waals surface area contributed by atoms with Gasteiger partial charge in [-0.2, -0.15) is 0 Å². The van der Waals surface area contributed by atoms with Crippen molar-refractivity contribution in [3.63, 3.8) is 0 Å². The molecule has 0 aliphatic carbocycles. The highest BCUT2D eigenvalue weighted by Crippen LogP contribution is 2.36. The molecule has 3 rings (SSSR count). The van der Waals surface area contributed by atoms with Crippen molar-refractivity contribution in [2.24, 2.45) is 0 Å². The van der Waals surface area contributed by atoms with Crippen LogP contribution in [0.2, 0.25) is 0 Å². The Balaban J connectivity index is 2.07. The molecular formula is C18H17NO2. The molecule has 1 aliphatic heterocycles. The van der Waals surface area contributed by atoms with Gasteiger partial charge in [-0.25, -0.2) is 0 Å². The van der Waals surface area contributed by atoms with Gasteiger partial charge in [0.1, 0.15) is 12.4 Å². The molecule has 0 bridgehead atoms. The Morgan fingerprint density at radius 1 is 1.19 bits per heavy atom. The first-order chi connectivity index (χ1) is 10.1. The molecule has 106 valence electrons.